The molecule has 0 radical (unpaired) electrons. The summed E-state index contributed by atoms with van der Waals surface area (Å²) in [7, 11) is 0. The number of carbonyl (C=O) groups excluding carboxylic acids is 1. The van der Waals surface area contributed by atoms with Gasteiger partial charge in [0.05, 0.1) is 19.0 Å². The molecule has 0 bridgehead atoms. The zero-order valence-corrected chi connectivity index (χ0v) is 14.0. The van der Waals surface area contributed by atoms with Crippen molar-refractivity contribution in [1.82, 2.24) is 29.5 Å². The van der Waals surface area contributed by atoms with Crippen LogP contribution in [0, 0.1) is 12.8 Å². The fourth-order valence-corrected chi connectivity index (χ4v) is 3.06. The molecule has 128 valence electrons. The van der Waals surface area contributed by atoms with Crippen LogP contribution in [0.5, 0.6) is 0 Å². The highest BCUT2D eigenvalue weighted by molar-refractivity contribution is 5.90. The molecular formula is C17H19N7O. The third kappa shape index (κ3) is 3.42. The second kappa shape index (κ2) is 6.46. The van der Waals surface area contributed by atoms with Gasteiger partial charge in [0.1, 0.15) is 18.0 Å². The Bertz CT molecular complexity index is 884. The summed E-state index contributed by atoms with van der Waals surface area (Å²) in [6.45, 7) is 3.03. The van der Waals surface area contributed by atoms with Crippen LogP contribution in [0.2, 0.25) is 0 Å². The number of nitrogens with zero attached hydrogens (tertiary/aromatic N) is 6. The minimum Gasteiger partial charge on any atom is -0.293 e. The molecule has 0 saturated heterocycles. The Labute approximate surface area is 144 Å². The van der Waals surface area contributed by atoms with Gasteiger partial charge in [-0.25, -0.2) is 19.3 Å². The number of fused-ring (bicyclic) bond motifs is 1. The third-order valence-corrected chi connectivity index (χ3v) is 4.29. The molecule has 3 aromatic rings. The SMILES string of the molecule is Cc1nc2n(n1)CC(C(=O)Nc1ncn(Cc3ccccc3)n1)CC2. The molecule has 1 amide bonds. The molecule has 25 heavy (non-hydrogen) atoms. The molecule has 1 N–H and O–H groups in total. The largest absolute Gasteiger partial charge is 0.293 e. The van der Waals surface area contributed by atoms with Gasteiger partial charge in [0.25, 0.3) is 0 Å². The summed E-state index contributed by atoms with van der Waals surface area (Å²) >= 11 is 0. The molecule has 8 heteroatoms. The average Bonchev–Trinajstić information content (AvgIpc) is 3.20. The molecule has 2 aromatic heterocycles. The zero-order chi connectivity index (χ0) is 17.2. The molecule has 1 unspecified atom stereocenters. The minimum atomic E-state index is -0.144. The van der Waals surface area contributed by atoms with Crippen LogP contribution >= 0.6 is 0 Å². The summed E-state index contributed by atoms with van der Waals surface area (Å²) in [5.41, 5.74) is 1.13. The molecule has 1 atom stereocenters. The lowest BCUT2D eigenvalue weighted by Crippen LogP contribution is -2.32. The minimum absolute atomic E-state index is 0.0729. The Morgan fingerprint density at radius 3 is 2.96 bits per heavy atom. The molecule has 0 fully saturated rings. The van der Waals surface area contributed by atoms with E-state index in [1.165, 1.54) is 0 Å². The van der Waals surface area contributed by atoms with Crippen LogP contribution in [-0.4, -0.2) is 35.4 Å². The highest BCUT2D eigenvalue weighted by atomic mass is 16.2. The van der Waals surface area contributed by atoms with Crippen LogP contribution in [0.15, 0.2) is 36.7 Å². The van der Waals surface area contributed by atoms with Crippen LogP contribution in [-0.2, 0) is 24.3 Å². The number of benzene rings is 1. The van der Waals surface area contributed by atoms with E-state index in [1.807, 2.05) is 41.9 Å². The molecule has 1 aliphatic rings. The van der Waals surface area contributed by atoms with Crippen molar-refractivity contribution in [2.45, 2.75) is 32.9 Å². The first kappa shape index (κ1) is 15.5. The number of hydrogen-bond acceptors (Lipinski definition) is 5. The summed E-state index contributed by atoms with van der Waals surface area (Å²) in [4.78, 5) is 21.0. The Hall–Kier alpha value is -3.03. The first-order valence-corrected chi connectivity index (χ1v) is 8.32. The van der Waals surface area contributed by atoms with E-state index in [0.29, 0.717) is 19.0 Å². The summed E-state index contributed by atoms with van der Waals surface area (Å²) in [5, 5.41) is 11.5. The monoisotopic (exact) mass is 337 g/mol. The van der Waals surface area contributed by atoms with Gasteiger partial charge in [-0.05, 0) is 18.9 Å². The van der Waals surface area contributed by atoms with Crippen molar-refractivity contribution in [3.05, 3.63) is 53.9 Å². The summed E-state index contributed by atoms with van der Waals surface area (Å²) < 4.78 is 3.54. The highest BCUT2D eigenvalue weighted by Crippen LogP contribution is 2.19. The van der Waals surface area contributed by atoms with Gasteiger partial charge in [-0.3, -0.25) is 10.1 Å². The molecule has 0 saturated carbocycles. The number of nitrogens with one attached hydrogen (secondary N) is 1. The predicted molar refractivity (Wildman–Crippen MR) is 90.8 cm³/mol. The quantitative estimate of drug-likeness (QED) is 0.778. The van der Waals surface area contributed by atoms with E-state index in [9.17, 15) is 4.79 Å². The number of aryl methyl sites for hydroxylation is 2. The van der Waals surface area contributed by atoms with Crippen molar-refractivity contribution in [2.75, 3.05) is 5.32 Å². The zero-order valence-electron chi connectivity index (χ0n) is 14.0. The van der Waals surface area contributed by atoms with Gasteiger partial charge in [-0.15, -0.1) is 5.10 Å². The Morgan fingerprint density at radius 2 is 2.12 bits per heavy atom. The second-order valence-corrected chi connectivity index (χ2v) is 6.23. The maximum Gasteiger partial charge on any atom is 0.248 e. The van der Waals surface area contributed by atoms with Crippen LogP contribution in [0.4, 0.5) is 5.95 Å². The number of rotatable bonds is 4. The molecule has 3 heterocycles. The van der Waals surface area contributed by atoms with Crippen molar-refractivity contribution in [3.63, 3.8) is 0 Å². The third-order valence-electron chi connectivity index (χ3n) is 4.29. The molecule has 1 aromatic carbocycles. The van der Waals surface area contributed by atoms with E-state index >= 15 is 0 Å². The van der Waals surface area contributed by atoms with E-state index in [0.717, 1.165) is 30.1 Å². The van der Waals surface area contributed by atoms with Gasteiger partial charge >= 0.3 is 0 Å². The second-order valence-electron chi connectivity index (χ2n) is 6.23. The standard InChI is InChI=1S/C17H19N7O/c1-12-19-15-8-7-14(10-24(15)21-12)16(25)20-17-18-11-23(22-17)9-13-5-3-2-4-6-13/h2-6,11,14H,7-10H2,1H3,(H,20,22,25). The van der Waals surface area contributed by atoms with Crippen molar-refractivity contribution in [1.29, 1.82) is 0 Å². The predicted octanol–water partition coefficient (Wildman–Crippen LogP) is 1.43. The lowest BCUT2D eigenvalue weighted by atomic mass is 9.99. The number of aromatic nitrogens is 6. The Kier molecular flexibility index (Phi) is 4.01. The van der Waals surface area contributed by atoms with Gasteiger partial charge in [0.15, 0.2) is 0 Å². The fourth-order valence-electron chi connectivity index (χ4n) is 3.06. The van der Waals surface area contributed by atoms with Crippen LogP contribution in [0.1, 0.15) is 23.6 Å². The van der Waals surface area contributed by atoms with Gasteiger partial charge in [0.2, 0.25) is 11.9 Å². The molecule has 0 spiro atoms. The van der Waals surface area contributed by atoms with E-state index < -0.39 is 0 Å². The van der Waals surface area contributed by atoms with Crippen LogP contribution in [0.25, 0.3) is 0 Å². The number of hydrogen-bond donors (Lipinski definition) is 1. The van der Waals surface area contributed by atoms with E-state index in [2.05, 4.69) is 25.5 Å². The van der Waals surface area contributed by atoms with E-state index in [4.69, 9.17) is 0 Å². The molecule has 8 nitrogen and oxygen atoms in total. The molecular weight excluding hydrogens is 318 g/mol. The molecule has 4 rings (SSSR count). The van der Waals surface area contributed by atoms with Crippen molar-refractivity contribution in [2.24, 2.45) is 5.92 Å². The topological polar surface area (TPSA) is 90.5 Å². The molecule has 1 aliphatic heterocycles. The summed E-state index contributed by atoms with van der Waals surface area (Å²) in [6, 6.07) is 10.00. The molecule has 0 aliphatic carbocycles. The lowest BCUT2D eigenvalue weighted by molar-refractivity contribution is -0.120. The Morgan fingerprint density at radius 1 is 1.28 bits per heavy atom. The lowest BCUT2D eigenvalue weighted by Gasteiger charge is -2.20. The van der Waals surface area contributed by atoms with Crippen LogP contribution in [0.3, 0.4) is 0 Å². The van der Waals surface area contributed by atoms with Gasteiger partial charge in [0, 0.05) is 6.42 Å². The number of amides is 1. The maximum atomic E-state index is 12.5. The van der Waals surface area contributed by atoms with Gasteiger partial charge in [-0.2, -0.15) is 5.10 Å². The number of carbonyl (C=O) groups is 1. The average molecular weight is 337 g/mol. The van der Waals surface area contributed by atoms with Crippen molar-refractivity contribution >= 4 is 11.9 Å². The van der Waals surface area contributed by atoms with Crippen molar-refractivity contribution < 1.29 is 4.79 Å². The van der Waals surface area contributed by atoms with Crippen molar-refractivity contribution in [3.8, 4) is 0 Å². The van der Waals surface area contributed by atoms with E-state index in [1.54, 1.807) is 11.0 Å². The highest BCUT2D eigenvalue weighted by Gasteiger charge is 2.27. The van der Waals surface area contributed by atoms with E-state index in [-0.39, 0.29) is 11.8 Å². The maximum absolute atomic E-state index is 12.5. The fraction of sp³-hybridized carbons (Fsp3) is 0.353. The van der Waals surface area contributed by atoms with Crippen LogP contribution < -0.4 is 5.32 Å². The first-order chi connectivity index (χ1) is 12.2. The first-order valence-electron chi connectivity index (χ1n) is 8.32. The number of anilines is 1. The summed E-state index contributed by atoms with van der Waals surface area (Å²) in [6.07, 6.45) is 3.14. The normalized spacial score (nSPS) is 16.4. The van der Waals surface area contributed by atoms with Gasteiger partial charge < -0.3 is 0 Å². The smallest absolute Gasteiger partial charge is 0.248 e. The Balaban J connectivity index is 1.38. The van der Waals surface area contributed by atoms with Gasteiger partial charge in [-0.1, -0.05) is 30.3 Å². The summed E-state index contributed by atoms with van der Waals surface area (Å²) in [5.74, 6) is 1.82.